The molecule has 0 unspecified atom stereocenters. The maximum Gasteiger partial charge on any atom is 0.306 e. The van der Waals surface area contributed by atoms with Gasteiger partial charge in [-0.15, -0.1) is 0 Å². The van der Waals surface area contributed by atoms with Crippen LogP contribution in [0.4, 0.5) is 0 Å². The summed E-state index contributed by atoms with van der Waals surface area (Å²) < 4.78 is 5.35. The summed E-state index contributed by atoms with van der Waals surface area (Å²) in [6, 6.07) is 7.81. The molecule has 21 heavy (non-hydrogen) atoms. The summed E-state index contributed by atoms with van der Waals surface area (Å²) in [5, 5.41) is 8.78. The summed E-state index contributed by atoms with van der Waals surface area (Å²) in [7, 11) is 0. The lowest BCUT2D eigenvalue weighted by Gasteiger charge is -2.31. The summed E-state index contributed by atoms with van der Waals surface area (Å²) in [5.41, 5.74) is 2.11. The lowest BCUT2D eigenvalue weighted by atomic mass is 10.1. The number of carboxylic acids is 1. The Morgan fingerprint density at radius 1 is 1.43 bits per heavy atom. The van der Waals surface area contributed by atoms with Gasteiger partial charge in [-0.1, -0.05) is 24.3 Å². The van der Waals surface area contributed by atoms with Gasteiger partial charge in [-0.3, -0.25) is 9.59 Å². The first-order chi connectivity index (χ1) is 10.1. The molecular formula is C16H19NO4. The second kappa shape index (κ2) is 7.04. The number of morpholine rings is 1. The summed E-state index contributed by atoms with van der Waals surface area (Å²) in [6.07, 6.45) is 2.82. The highest BCUT2D eigenvalue weighted by molar-refractivity contribution is 5.92. The first-order valence-electron chi connectivity index (χ1n) is 6.92. The number of aryl methyl sites for hydroxylation is 1. The molecule has 1 fully saturated rings. The number of aliphatic carboxylic acids is 1. The number of hydrogen-bond acceptors (Lipinski definition) is 3. The number of amides is 1. The van der Waals surface area contributed by atoms with E-state index in [9.17, 15) is 9.59 Å². The third-order valence-electron chi connectivity index (χ3n) is 3.45. The van der Waals surface area contributed by atoms with Crippen LogP contribution >= 0.6 is 0 Å². The molecule has 1 aromatic carbocycles. The van der Waals surface area contributed by atoms with Gasteiger partial charge < -0.3 is 14.7 Å². The Hall–Kier alpha value is -2.14. The topological polar surface area (TPSA) is 66.8 Å². The van der Waals surface area contributed by atoms with E-state index in [-0.39, 0.29) is 12.3 Å². The quantitative estimate of drug-likeness (QED) is 0.857. The van der Waals surface area contributed by atoms with Crippen molar-refractivity contribution in [2.24, 2.45) is 0 Å². The minimum Gasteiger partial charge on any atom is -0.481 e. The molecule has 2 rings (SSSR count). The molecule has 112 valence electrons. The van der Waals surface area contributed by atoms with Gasteiger partial charge in [0.15, 0.2) is 0 Å². The van der Waals surface area contributed by atoms with Crippen LogP contribution < -0.4 is 0 Å². The average Bonchev–Trinajstić information content (AvgIpc) is 2.45. The fourth-order valence-electron chi connectivity index (χ4n) is 2.28. The highest BCUT2D eigenvalue weighted by Crippen LogP contribution is 2.12. The molecule has 0 aromatic heterocycles. The van der Waals surface area contributed by atoms with Crippen molar-refractivity contribution < 1.29 is 19.4 Å². The zero-order valence-electron chi connectivity index (χ0n) is 12.0. The molecule has 5 nitrogen and oxygen atoms in total. The van der Waals surface area contributed by atoms with Gasteiger partial charge in [-0.05, 0) is 24.1 Å². The number of nitrogens with zero attached hydrogens (tertiary/aromatic N) is 1. The summed E-state index contributed by atoms with van der Waals surface area (Å²) in [5.74, 6) is -1.03. The fraction of sp³-hybridized carbons (Fsp3) is 0.375. The van der Waals surface area contributed by atoms with Crippen molar-refractivity contribution in [3.05, 3.63) is 41.5 Å². The second-order valence-electron chi connectivity index (χ2n) is 5.06. The van der Waals surface area contributed by atoms with Crippen LogP contribution in [0, 0.1) is 6.92 Å². The zero-order valence-corrected chi connectivity index (χ0v) is 12.0. The van der Waals surface area contributed by atoms with Crippen molar-refractivity contribution in [1.82, 2.24) is 4.90 Å². The normalized spacial score (nSPS) is 18.9. The molecule has 1 saturated heterocycles. The molecule has 0 bridgehead atoms. The zero-order chi connectivity index (χ0) is 15.2. The van der Waals surface area contributed by atoms with E-state index >= 15 is 0 Å². The molecule has 1 aromatic rings. The molecule has 5 heteroatoms. The molecule has 0 radical (unpaired) electrons. The summed E-state index contributed by atoms with van der Waals surface area (Å²) in [6.45, 7) is 3.18. The first kappa shape index (κ1) is 15.3. The third-order valence-corrected chi connectivity index (χ3v) is 3.45. The van der Waals surface area contributed by atoms with Crippen LogP contribution in [0.15, 0.2) is 30.3 Å². The van der Waals surface area contributed by atoms with Gasteiger partial charge in [0, 0.05) is 19.2 Å². The maximum atomic E-state index is 12.2. The fourth-order valence-corrected chi connectivity index (χ4v) is 2.28. The Kier molecular flexibility index (Phi) is 5.11. The minimum absolute atomic E-state index is 0.0781. The van der Waals surface area contributed by atoms with Crippen molar-refractivity contribution in [3.8, 4) is 0 Å². The Balaban J connectivity index is 1.96. The number of carboxylic acid groups (broad SMARTS) is 1. The van der Waals surface area contributed by atoms with E-state index < -0.39 is 12.1 Å². The molecular weight excluding hydrogens is 270 g/mol. The van der Waals surface area contributed by atoms with Crippen LogP contribution in [0.5, 0.6) is 0 Å². The molecule has 0 saturated carbocycles. The summed E-state index contributed by atoms with van der Waals surface area (Å²) in [4.78, 5) is 24.5. The molecule has 0 aliphatic carbocycles. The number of benzene rings is 1. The van der Waals surface area contributed by atoms with E-state index in [1.807, 2.05) is 31.2 Å². The van der Waals surface area contributed by atoms with Crippen molar-refractivity contribution in [2.45, 2.75) is 19.4 Å². The number of rotatable bonds is 4. The molecule has 1 amide bonds. The molecule has 1 heterocycles. The van der Waals surface area contributed by atoms with Gasteiger partial charge in [0.25, 0.3) is 0 Å². The SMILES string of the molecule is Cc1ccccc1/C=C\C(=O)N1CCO[C@@H](CC(=O)O)C1. The number of ether oxygens (including phenoxy) is 1. The van der Waals surface area contributed by atoms with Crippen molar-refractivity contribution in [2.75, 3.05) is 19.7 Å². The van der Waals surface area contributed by atoms with E-state index in [0.29, 0.717) is 19.7 Å². The van der Waals surface area contributed by atoms with Crippen LogP contribution in [0.25, 0.3) is 6.08 Å². The molecule has 0 spiro atoms. The monoisotopic (exact) mass is 289 g/mol. The van der Waals surface area contributed by atoms with Crippen LogP contribution in [-0.4, -0.2) is 47.7 Å². The Labute approximate surface area is 123 Å². The van der Waals surface area contributed by atoms with Gasteiger partial charge in [0.05, 0.1) is 19.1 Å². The van der Waals surface area contributed by atoms with E-state index in [1.165, 1.54) is 6.08 Å². The largest absolute Gasteiger partial charge is 0.481 e. The highest BCUT2D eigenvalue weighted by Gasteiger charge is 2.24. The van der Waals surface area contributed by atoms with Crippen LogP contribution in [0.2, 0.25) is 0 Å². The van der Waals surface area contributed by atoms with E-state index in [2.05, 4.69) is 0 Å². The van der Waals surface area contributed by atoms with Gasteiger partial charge in [-0.25, -0.2) is 0 Å². The molecule has 1 aliphatic heterocycles. The van der Waals surface area contributed by atoms with E-state index in [1.54, 1.807) is 11.0 Å². The molecule has 1 aliphatic rings. The van der Waals surface area contributed by atoms with E-state index in [4.69, 9.17) is 9.84 Å². The smallest absolute Gasteiger partial charge is 0.306 e. The first-order valence-corrected chi connectivity index (χ1v) is 6.92. The lowest BCUT2D eigenvalue weighted by molar-refractivity contribution is -0.145. The van der Waals surface area contributed by atoms with Crippen molar-refractivity contribution >= 4 is 18.0 Å². The predicted molar refractivity (Wildman–Crippen MR) is 78.8 cm³/mol. The van der Waals surface area contributed by atoms with E-state index in [0.717, 1.165) is 11.1 Å². The van der Waals surface area contributed by atoms with Crippen molar-refractivity contribution in [1.29, 1.82) is 0 Å². The average molecular weight is 289 g/mol. The molecule has 1 N–H and O–H groups in total. The standard InChI is InChI=1S/C16H19NO4/c1-12-4-2-3-5-13(12)6-7-15(18)17-8-9-21-14(11-17)10-16(19)20/h2-7,14H,8-11H2,1H3,(H,19,20)/b7-6-/t14-/m0/s1. The number of carbonyl (C=O) groups is 2. The summed E-state index contributed by atoms with van der Waals surface area (Å²) >= 11 is 0. The van der Waals surface area contributed by atoms with Gasteiger partial charge in [0.2, 0.25) is 5.91 Å². The second-order valence-corrected chi connectivity index (χ2v) is 5.06. The maximum absolute atomic E-state index is 12.2. The van der Waals surface area contributed by atoms with Gasteiger partial charge in [-0.2, -0.15) is 0 Å². The highest BCUT2D eigenvalue weighted by atomic mass is 16.5. The van der Waals surface area contributed by atoms with Gasteiger partial charge >= 0.3 is 5.97 Å². The third kappa shape index (κ3) is 4.43. The number of hydrogen-bond donors (Lipinski definition) is 1. The lowest BCUT2D eigenvalue weighted by Crippen LogP contribution is -2.45. The Morgan fingerprint density at radius 2 is 2.19 bits per heavy atom. The van der Waals surface area contributed by atoms with Gasteiger partial charge in [0.1, 0.15) is 0 Å². The minimum atomic E-state index is -0.912. The predicted octanol–water partition coefficient (Wildman–Crippen LogP) is 1.71. The molecule has 1 atom stereocenters. The van der Waals surface area contributed by atoms with Crippen molar-refractivity contribution in [3.63, 3.8) is 0 Å². The number of carbonyl (C=O) groups excluding carboxylic acids is 1. The Morgan fingerprint density at radius 3 is 2.90 bits per heavy atom. The Bertz CT molecular complexity index is 553. The van der Waals surface area contributed by atoms with Crippen LogP contribution in [-0.2, 0) is 14.3 Å². The van der Waals surface area contributed by atoms with Crippen LogP contribution in [0.1, 0.15) is 17.5 Å². The van der Waals surface area contributed by atoms with Crippen LogP contribution in [0.3, 0.4) is 0 Å².